The number of hydrogen-bond donors (Lipinski definition) is 3. The molecule has 1 aliphatic heterocycles. The summed E-state index contributed by atoms with van der Waals surface area (Å²) in [7, 11) is 0. The van der Waals surface area contributed by atoms with Gasteiger partial charge in [-0.25, -0.2) is 4.98 Å². The van der Waals surface area contributed by atoms with Crippen LogP contribution in [0.4, 0.5) is 11.9 Å². The van der Waals surface area contributed by atoms with Crippen molar-refractivity contribution in [2.24, 2.45) is 0 Å². The Hall–Kier alpha value is -2.36. The molecule has 0 aromatic carbocycles. The lowest BCUT2D eigenvalue weighted by atomic mass is 10.8. The van der Waals surface area contributed by atoms with Crippen LogP contribution < -0.4 is 17.2 Å². The Morgan fingerprint density at radius 2 is 2.14 bits per heavy atom. The predicted molar refractivity (Wildman–Crippen MR) is 43.9 cm³/mol. The Bertz CT molecular complexity index is 541. The minimum atomic E-state index is -0.145. The Morgan fingerprint density at radius 1 is 1.29 bits per heavy atom. The average Bonchev–Trinajstić information content (AvgIpc) is 2.50. The predicted octanol–water partition coefficient (Wildman–Crippen LogP) is -1.10. The first kappa shape index (κ1) is 8.25. The van der Waals surface area contributed by atoms with Gasteiger partial charge in [0, 0.05) is 0 Å². The zero-order valence-electron chi connectivity index (χ0n) is 6.84. The Morgan fingerprint density at radius 3 is 3.00 bits per heavy atom. The quantitative estimate of drug-likeness (QED) is 0.479. The number of anilines is 1. The van der Waals surface area contributed by atoms with Gasteiger partial charge >= 0.3 is 0 Å². The van der Waals surface area contributed by atoms with Crippen LogP contribution in [-0.4, -0.2) is 29.8 Å². The van der Waals surface area contributed by atoms with Crippen LogP contribution in [0.3, 0.4) is 0 Å². The van der Waals surface area contributed by atoms with Gasteiger partial charge in [-0.3, -0.25) is 10.8 Å². The van der Waals surface area contributed by atoms with E-state index in [4.69, 9.17) is 5.41 Å². The third-order valence-electron chi connectivity index (χ3n) is 1.55. The zero-order valence-corrected chi connectivity index (χ0v) is 6.84. The number of nitrogens with zero attached hydrogens (tertiary/aromatic N) is 7. The maximum Gasteiger partial charge on any atom is 0.204 e. The average molecular weight is 193 g/mol. The fraction of sp³-hybridized carbons (Fsp3) is 0. The maximum absolute atomic E-state index is 7.23. The molecule has 3 heterocycles. The smallest absolute Gasteiger partial charge is 0.204 e. The fourth-order valence-electron chi connectivity index (χ4n) is 1.06. The standard InChI is InChI=1S/C4H2N9.H3N/c5-1-6-2-8-9-4-11-12-10-3(7-1)13(2)4;/h(H2-,5,6,7,8,9,10,11);1H3/q-1;. The van der Waals surface area contributed by atoms with E-state index < -0.39 is 0 Å². The lowest BCUT2D eigenvalue weighted by Crippen LogP contribution is -2.14. The van der Waals surface area contributed by atoms with Crippen LogP contribution in [0.25, 0.3) is 11.2 Å². The summed E-state index contributed by atoms with van der Waals surface area (Å²) in [5.74, 6) is 0.973. The molecular weight excluding hydrogens is 188 g/mol. The van der Waals surface area contributed by atoms with Gasteiger partial charge in [-0.1, -0.05) is 0 Å². The fourth-order valence-corrected chi connectivity index (χ4v) is 1.06. The second kappa shape index (κ2) is 2.56. The third kappa shape index (κ3) is 0.877. The lowest BCUT2D eigenvalue weighted by Gasteiger charge is -2.04. The highest BCUT2D eigenvalue weighted by molar-refractivity contribution is 5.57. The van der Waals surface area contributed by atoms with Gasteiger partial charge in [0.15, 0.2) is 11.6 Å². The first-order chi connectivity index (χ1) is 6.34. The van der Waals surface area contributed by atoms with Crippen LogP contribution in [0, 0.1) is 5.41 Å². The van der Waals surface area contributed by atoms with E-state index in [1.165, 1.54) is 4.40 Å². The molecule has 1 aliphatic rings. The van der Waals surface area contributed by atoms with Crippen LogP contribution in [0.2, 0.25) is 0 Å². The molecule has 0 saturated heterocycles. The Kier molecular flexibility index (Phi) is 1.51. The zero-order chi connectivity index (χ0) is 8.84. The molecule has 0 saturated carbocycles. The molecule has 0 fully saturated rings. The summed E-state index contributed by atoms with van der Waals surface area (Å²) in [4.78, 5) is 7.50. The van der Waals surface area contributed by atoms with Crippen LogP contribution in [0.15, 0.2) is 0 Å². The van der Waals surface area contributed by atoms with Gasteiger partial charge in [-0.15, -0.1) is 10.2 Å². The first-order valence-electron chi connectivity index (χ1n) is 3.36. The van der Waals surface area contributed by atoms with Crippen molar-refractivity contribution < 1.29 is 0 Å². The molecule has 0 radical (unpaired) electrons. The number of rotatable bonds is 0. The van der Waals surface area contributed by atoms with Gasteiger partial charge in [0.1, 0.15) is 0 Å². The lowest BCUT2D eigenvalue weighted by molar-refractivity contribution is 0.803. The summed E-state index contributed by atoms with van der Waals surface area (Å²) in [5, 5.41) is 18.0. The largest absolute Gasteiger partial charge is 0.344 e. The van der Waals surface area contributed by atoms with Crippen LogP contribution >= 0.6 is 0 Å². The van der Waals surface area contributed by atoms with E-state index in [-0.39, 0.29) is 17.5 Å². The number of hydrogen-bond acceptors (Lipinski definition) is 8. The van der Waals surface area contributed by atoms with E-state index in [2.05, 4.69) is 36.2 Å². The van der Waals surface area contributed by atoms with Gasteiger partial charge in [-0.05, 0) is 5.21 Å². The molecule has 3 rings (SSSR count). The van der Waals surface area contributed by atoms with E-state index in [9.17, 15) is 0 Å². The third-order valence-corrected chi connectivity index (χ3v) is 1.55. The van der Waals surface area contributed by atoms with E-state index >= 15 is 0 Å². The van der Waals surface area contributed by atoms with Crippen LogP contribution in [0.5, 0.6) is 0 Å². The summed E-state index contributed by atoms with van der Waals surface area (Å²) in [6.45, 7) is 0. The van der Waals surface area contributed by atoms with Crippen molar-refractivity contribution in [1.29, 1.82) is 5.41 Å². The highest BCUT2D eigenvalue weighted by atomic mass is 15.6. The minimum absolute atomic E-state index is 0. The van der Waals surface area contributed by atoms with E-state index in [1.807, 2.05) is 0 Å². The topological polar surface area (TPSA) is 154 Å². The second-order valence-corrected chi connectivity index (χ2v) is 2.32. The molecule has 0 amide bonds. The normalized spacial score (nSPS) is 11.7. The molecule has 0 unspecified atom stereocenters. The van der Waals surface area contributed by atoms with Crippen molar-refractivity contribution in [3.05, 3.63) is 11.0 Å². The monoisotopic (exact) mass is 193 g/mol. The highest BCUT2D eigenvalue weighted by Crippen LogP contribution is 2.23. The van der Waals surface area contributed by atoms with Crippen molar-refractivity contribution in [1.82, 2.24) is 35.9 Å². The molecule has 10 heteroatoms. The highest BCUT2D eigenvalue weighted by Gasteiger charge is 2.07. The molecule has 0 bridgehead atoms. The summed E-state index contributed by atoms with van der Waals surface area (Å²) in [5.41, 5.74) is 6.25. The number of aromatic nitrogens is 6. The van der Waals surface area contributed by atoms with Gasteiger partial charge in [0.25, 0.3) is 0 Å². The Labute approximate surface area is 76.5 Å². The molecule has 14 heavy (non-hydrogen) atoms. The first-order valence-corrected chi connectivity index (χ1v) is 3.36. The Balaban J connectivity index is 0.000000750. The van der Waals surface area contributed by atoms with Crippen molar-refractivity contribution in [2.45, 2.75) is 0 Å². The van der Waals surface area contributed by atoms with E-state index in [0.29, 0.717) is 11.9 Å². The molecule has 0 spiro atoms. The SMILES string of the molecule is N.N=c1nc2n3c(nnnc3n1)N[N-]2. The summed E-state index contributed by atoms with van der Waals surface area (Å²) >= 11 is 0. The van der Waals surface area contributed by atoms with Crippen LogP contribution in [-0.2, 0) is 0 Å². The second-order valence-electron chi connectivity index (χ2n) is 2.32. The van der Waals surface area contributed by atoms with Gasteiger partial charge in [-0.2, -0.15) is 0 Å². The van der Waals surface area contributed by atoms with Crippen molar-refractivity contribution in [3.8, 4) is 0 Å². The molecule has 72 valence electrons. The molecule has 0 atom stereocenters. The van der Waals surface area contributed by atoms with E-state index in [0.717, 1.165) is 0 Å². The summed E-state index contributed by atoms with van der Waals surface area (Å²) in [6, 6.07) is 0. The summed E-state index contributed by atoms with van der Waals surface area (Å²) in [6.07, 6.45) is 0. The molecule has 0 aliphatic carbocycles. The van der Waals surface area contributed by atoms with Crippen molar-refractivity contribution in [2.75, 3.05) is 5.43 Å². The molecule has 2 aromatic rings. The van der Waals surface area contributed by atoms with Gasteiger partial charge in [0.05, 0.1) is 5.95 Å². The number of nitrogens with one attached hydrogen (secondary N) is 2. The minimum Gasteiger partial charge on any atom is -0.344 e. The van der Waals surface area contributed by atoms with E-state index in [1.54, 1.807) is 0 Å². The van der Waals surface area contributed by atoms with Gasteiger partial charge in [0.2, 0.25) is 5.78 Å². The molecule has 2 aromatic heterocycles. The van der Waals surface area contributed by atoms with Gasteiger partial charge < -0.3 is 21.0 Å². The molecule has 10 nitrogen and oxygen atoms in total. The summed E-state index contributed by atoms with van der Waals surface area (Å²) < 4.78 is 1.48. The maximum atomic E-state index is 7.23. The molecular formula is C4H5N10-. The van der Waals surface area contributed by atoms with Crippen molar-refractivity contribution >= 4 is 17.7 Å². The van der Waals surface area contributed by atoms with Crippen LogP contribution in [0.1, 0.15) is 0 Å². The molecule has 5 N–H and O–H groups in total. The van der Waals surface area contributed by atoms with Crippen molar-refractivity contribution in [3.63, 3.8) is 0 Å².